The highest BCUT2D eigenvalue weighted by molar-refractivity contribution is 9.10. The average molecular weight is 935 g/mol. The maximum atomic E-state index is 12.8. The summed E-state index contributed by atoms with van der Waals surface area (Å²) in [6.07, 6.45) is 0. The van der Waals surface area contributed by atoms with E-state index in [0.29, 0.717) is 61.8 Å². The van der Waals surface area contributed by atoms with Crippen molar-refractivity contribution in [1.82, 2.24) is 20.2 Å². The normalized spacial score (nSPS) is 10.4. The van der Waals surface area contributed by atoms with Crippen molar-refractivity contribution in [3.8, 4) is 80.2 Å². The second-order valence-corrected chi connectivity index (χ2v) is 15.7. The van der Waals surface area contributed by atoms with E-state index in [2.05, 4.69) is 41.4 Å². The molecule has 0 radical (unpaired) electrons. The van der Waals surface area contributed by atoms with Gasteiger partial charge in [0.25, 0.3) is 5.91 Å². The molecule has 0 aliphatic rings. The summed E-state index contributed by atoms with van der Waals surface area (Å²) >= 11 is 4.66. The fraction of sp³-hybridized carbons (Fsp3) is 0. The van der Waals surface area contributed by atoms with E-state index in [4.69, 9.17) is 9.47 Å². The molecule has 9 rings (SSSR count). The predicted octanol–water partition coefficient (Wildman–Crippen LogP) is 11.6. The Morgan fingerprint density at radius 2 is 1.05 bits per heavy atom. The Bertz CT molecular complexity index is 3330. The van der Waals surface area contributed by atoms with Crippen LogP contribution in [0.15, 0.2) is 189 Å². The van der Waals surface area contributed by atoms with Gasteiger partial charge in [0.05, 0.1) is 11.4 Å². The largest absolute Gasteiger partial charge is 0.457 e. The number of H-pyrrole nitrogens is 2. The molecule has 3 N–H and O–H groups in total. The SMILES string of the molecule is N#Cc1c(-c2ccc(Oc3ccccc3)cc2)[nH]c(-c2cccc(Br)c2)cc1=O.N#Cc1c(-c2ccc(Oc3ccccc3)cc2)[nH]c(-c2cccc(C(=O)Nc3nncs3)c2)cc1=O. The van der Waals surface area contributed by atoms with Crippen LogP contribution in [0.1, 0.15) is 21.5 Å². The van der Waals surface area contributed by atoms with Gasteiger partial charge in [0.15, 0.2) is 0 Å². The van der Waals surface area contributed by atoms with Crippen LogP contribution >= 0.6 is 27.3 Å². The van der Waals surface area contributed by atoms with Gasteiger partial charge in [-0.3, -0.25) is 19.7 Å². The molecule has 65 heavy (non-hydrogen) atoms. The molecule has 0 bridgehead atoms. The molecule has 3 heterocycles. The molecule has 0 unspecified atom stereocenters. The van der Waals surface area contributed by atoms with Gasteiger partial charge in [-0.05, 0) is 119 Å². The molecule has 0 spiro atoms. The van der Waals surface area contributed by atoms with Gasteiger partial charge in [0, 0.05) is 33.6 Å². The van der Waals surface area contributed by atoms with Crippen LogP contribution in [0.3, 0.4) is 0 Å². The first-order chi connectivity index (χ1) is 31.7. The lowest BCUT2D eigenvalue weighted by Gasteiger charge is -2.11. The van der Waals surface area contributed by atoms with Gasteiger partial charge in [-0.1, -0.05) is 87.9 Å². The number of nitrogens with one attached hydrogen (secondary N) is 3. The minimum Gasteiger partial charge on any atom is -0.457 e. The molecule has 0 saturated heterocycles. The molecular formula is C51H32BrN7O5S. The van der Waals surface area contributed by atoms with E-state index in [1.807, 2.05) is 121 Å². The zero-order valence-corrected chi connectivity index (χ0v) is 36.3. The monoisotopic (exact) mass is 933 g/mol. The second kappa shape index (κ2) is 20.0. The van der Waals surface area contributed by atoms with Crippen molar-refractivity contribution < 1.29 is 14.3 Å². The Hall–Kier alpha value is -8.69. The lowest BCUT2D eigenvalue weighted by molar-refractivity contribution is 0.102. The van der Waals surface area contributed by atoms with Crippen LogP contribution in [0, 0.1) is 22.7 Å². The Morgan fingerprint density at radius 1 is 0.569 bits per heavy atom. The molecule has 0 saturated carbocycles. The molecule has 1 amide bonds. The van der Waals surface area contributed by atoms with Gasteiger partial charge >= 0.3 is 0 Å². The van der Waals surface area contributed by atoms with E-state index in [0.717, 1.165) is 21.3 Å². The number of carbonyl (C=O) groups excluding carboxylic acids is 1. The van der Waals surface area contributed by atoms with Gasteiger partial charge in [-0.15, -0.1) is 10.2 Å². The summed E-state index contributed by atoms with van der Waals surface area (Å²) in [5.41, 5.74) is 6.10. The summed E-state index contributed by atoms with van der Waals surface area (Å²) in [5.74, 6) is 2.38. The van der Waals surface area contributed by atoms with Gasteiger partial charge in [0.2, 0.25) is 16.0 Å². The summed E-state index contributed by atoms with van der Waals surface area (Å²) in [6.45, 7) is 0. The Balaban J connectivity index is 0.000000181. The maximum absolute atomic E-state index is 12.8. The Morgan fingerprint density at radius 3 is 1.51 bits per heavy atom. The number of hydrogen-bond donors (Lipinski definition) is 3. The van der Waals surface area contributed by atoms with Crippen LogP contribution in [-0.4, -0.2) is 26.1 Å². The molecule has 3 aromatic heterocycles. The number of nitrogens with zero attached hydrogens (tertiary/aromatic N) is 4. The van der Waals surface area contributed by atoms with Crippen LogP contribution in [0.5, 0.6) is 23.0 Å². The van der Waals surface area contributed by atoms with E-state index >= 15 is 0 Å². The maximum Gasteiger partial charge on any atom is 0.257 e. The van der Waals surface area contributed by atoms with Crippen LogP contribution in [-0.2, 0) is 0 Å². The third-order valence-electron chi connectivity index (χ3n) is 9.68. The molecule has 9 aromatic rings. The fourth-order valence-electron chi connectivity index (χ4n) is 6.59. The van der Waals surface area contributed by atoms with E-state index in [-0.39, 0.29) is 22.5 Å². The number of aromatic amines is 2. The van der Waals surface area contributed by atoms with Crippen molar-refractivity contribution in [3.05, 3.63) is 217 Å². The molecule has 6 aromatic carbocycles. The highest BCUT2D eigenvalue weighted by Crippen LogP contribution is 2.30. The molecule has 0 aliphatic carbocycles. The minimum absolute atomic E-state index is 0.000597. The average Bonchev–Trinajstić information content (AvgIpc) is 3.85. The van der Waals surface area contributed by atoms with Crippen LogP contribution in [0.2, 0.25) is 0 Å². The van der Waals surface area contributed by atoms with Crippen molar-refractivity contribution in [2.45, 2.75) is 0 Å². The number of carbonyl (C=O) groups is 1. The molecule has 12 nitrogen and oxygen atoms in total. The number of halogens is 1. The summed E-state index contributed by atoms with van der Waals surface area (Å²) in [4.78, 5) is 44.4. The van der Waals surface area contributed by atoms with E-state index in [1.165, 1.54) is 29.0 Å². The number of benzene rings is 6. The third-order valence-corrected chi connectivity index (χ3v) is 10.8. The number of anilines is 1. The molecule has 0 atom stereocenters. The van der Waals surface area contributed by atoms with E-state index < -0.39 is 5.43 Å². The van der Waals surface area contributed by atoms with Crippen molar-refractivity contribution in [3.63, 3.8) is 0 Å². The number of rotatable bonds is 10. The van der Waals surface area contributed by atoms with Gasteiger partial charge in [-0.25, -0.2) is 0 Å². The quantitative estimate of drug-likeness (QED) is 0.120. The molecular weight excluding hydrogens is 903 g/mol. The smallest absolute Gasteiger partial charge is 0.257 e. The van der Waals surface area contributed by atoms with Gasteiger partial charge < -0.3 is 19.4 Å². The summed E-state index contributed by atoms with van der Waals surface area (Å²) < 4.78 is 12.6. The third kappa shape index (κ3) is 10.5. The Labute approximate surface area is 383 Å². The molecule has 314 valence electrons. The second-order valence-electron chi connectivity index (χ2n) is 14.0. The number of amides is 1. The van der Waals surface area contributed by atoms with Crippen LogP contribution in [0.25, 0.3) is 45.0 Å². The minimum atomic E-state index is -0.422. The van der Waals surface area contributed by atoms with E-state index in [9.17, 15) is 24.9 Å². The standard InChI is InChI=1S/C27H17N5O3S.C24H15BrN2O2/c28-15-22-24(33)14-23(18-5-4-6-19(13-18)26(34)31-27-32-29-16-36-27)30-25(22)17-9-11-21(12-10-17)35-20-7-2-1-3-8-20;25-18-6-4-5-17(13-18)22-14-23(28)21(15-26)24(27-22)16-9-11-20(12-10-16)29-19-7-2-1-3-8-19/h1-14,16H,(H,30,33)(H,31,32,34);1-14H,(H,27,28). The molecule has 0 fully saturated rings. The number of ether oxygens (including phenoxy) is 2. The first-order valence-corrected chi connectivity index (χ1v) is 21.4. The first-order valence-electron chi connectivity index (χ1n) is 19.7. The van der Waals surface area contributed by atoms with Gasteiger partial charge in [-0.2, -0.15) is 10.5 Å². The topological polar surface area (TPSA) is 187 Å². The number of hydrogen-bond acceptors (Lipinski definition) is 10. The van der Waals surface area contributed by atoms with Crippen molar-refractivity contribution in [2.24, 2.45) is 0 Å². The van der Waals surface area contributed by atoms with E-state index in [1.54, 1.807) is 48.5 Å². The highest BCUT2D eigenvalue weighted by Gasteiger charge is 2.16. The van der Waals surface area contributed by atoms with Crippen molar-refractivity contribution in [1.29, 1.82) is 10.5 Å². The zero-order valence-electron chi connectivity index (χ0n) is 33.9. The van der Waals surface area contributed by atoms with Crippen LogP contribution in [0.4, 0.5) is 5.13 Å². The predicted molar refractivity (Wildman–Crippen MR) is 254 cm³/mol. The number of nitriles is 2. The zero-order chi connectivity index (χ0) is 45.1. The molecule has 0 aliphatic heterocycles. The number of aromatic nitrogens is 4. The highest BCUT2D eigenvalue weighted by atomic mass is 79.9. The first kappa shape index (κ1) is 43.0. The lowest BCUT2D eigenvalue weighted by Crippen LogP contribution is -2.12. The lowest BCUT2D eigenvalue weighted by atomic mass is 10.0. The van der Waals surface area contributed by atoms with Gasteiger partial charge in [0.1, 0.15) is 51.8 Å². The number of pyridine rings is 2. The summed E-state index contributed by atoms with van der Waals surface area (Å²) in [6, 6.07) is 54.5. The fourth-order valence-corrected chi connectivity index (χ4v) is 7.43. The number of para-hydroxylation sites is 2. The van der Waals surface area contributed by atoms with Crippen molar-refractivity contribution >= 4 is 38.3 Å². The Kier molecular flexibility index (Phi) is 13.2. The van der Waals surface area contributed by atoms with Crippen LogP contribution < -0.4 is 25.6 Å². The summed E-state index contributed by atoms with van der Waals surface area (Å²) in [5, 5.41) is 29.8. The molecule has 14 heteroatoms. The summed E-state index contributed by atoms with van der Waals surface area (Å²) in [7, 11) is 0. The van der Waals surface area contributed by atoms with Crippen molar-refractivity contribution in [2.75, 3.05) is 5.32 Å².